The molecule has 10 nitrogen and oxygen atoms in total. The van der Waals surface area contributed by atoms with Crippen LogP contribution in [0.25, 0.3) is 0 Å². The Kier molecular flexibility index (Phi) is 13.4. The van der Waals surface area contributed by atoms with Crippen LogP contribution in [0.1, 0.15) is 77.7 Å². The highest BCUT2D eigenvalue weighted by atomic mass is 32.2. The van der Waals surface area contributed by atoms with Crippen LogP contribution in [0.5, 0.6) is 5.75 Å². The van der Waals surface area contributed by atoms with Gasteiger partial charge in [-0.05, 0) is 70.7 Å². The number of nitrogens with zero attached hydrogens (tertiary/aromatic N) is 3. The Morgan fingerprint density at radius 2 is 1.49 bits per heavy atom. The molecule has 0 N–H and O–H groups in total. The van der Waals surface area contributed by atoms with Crippen molar-refractivity contribution in [1.82, 2.24) is 9.29 Å². The molecule has 318 valence electrons. The predicted molar refractivity (Wildman–Crippen MR) is 197 cm³/mol. The minimum atomic E-state index is -6.06. The van der Waals surface area contributed by atoms with Crippen molar-refractivity contribution >= 4 is 27.6 Å². The van der Waals surface area contributed by atoms with Crippen LogP contribution in [-0.4, -0.2) is 63.6 Å². The number of anilines is 1. The Morgan fingerprint density at radius 1 is 0.847 bits per heavy atom. The zero-order chi connectivity index (χ0) is 43.6. The second kappa shape index (κ2) is 17.6. The molecule has 59 heavy (non-hydrogen) atoms. The van der Waals surface area contributed by atoms with E-state index in [0.717, 1.165) is 35.1 Å². The van der Waals surface area contributed by atoms with Crippen molar-refractivity contribution in [1.29, 1.82) is 0 Å². The van der Waals surface area contributed by atoms with Gasteiger partial charge in [-0.2, -0.15) is 17.5 Å². The van der Waals surface area contributed by atoms with Gasteiger partial charge in [-0.25, -0.2) is 35.2 Å². The van der Waals surface area contributed by atoms with E-state index >= 15 is 8.78 Å². The second-order valence-corrected chi connectivity index (χ2v) is 16.6. The number of methoxy groups -OCH3 is 2. The molecule has 1 aromatic heterocycles. The molecule has 0 unspecified atom stereocenters. The Balaban J connectivity index is 1.69. The monoisotopic (exact) mass is 857 g/mol. The fraction of sp³-hybridized carbons (Fsp3) is 0.375. The summed E-state index contributed by atoms with van der Waals surface area (Å²) in [5, 5.41) is 0. The van der Waals surface area contributed by atoms with E-state index in [0.29, 0.717) is 17.8 Å². The van der Waals surface area contributed by atoms with Crippen molar-refractivity contribution in [2.45, 2.75) is 69.1 Å². The lowest BCUT2D eigenvalue weighted by Gasteiger charge is -2.30. The Morgan fingerprint density at radius 3 is 2.07 bits per heavy atom. The number of esters is 1. The normalized spacial score (nSPS) is 13.5. The maximum atomic E-state index is 15.2. The molecule has 0 saturated heterocycles. The summed E-state index contributed by atoms with van der Waals surface area (Å²) in [5.74, 6) is -15.6. The van der Waals surface area contributed by atoms with Gasteiger partial charge in [0.1, 0.15) is 12.4 Å². The fourth-order valence-corrected chi connectivity index (χ4v) is 7.62. The molecule has 19 heteroatoms. The first kappa shape index (κ1) is 45.0. The van der Waals surface area contributed by atoms with Crippen LogP contribution in [0.15, 0.2) is 59.8 Å². The van der Waals surface area contributed by atoms with Gasteiger partial charge in [0, 0.05) is 26.0 Å². The van der Waals surface area contributed by atoms with Gasteiger partial charge in [0.25, 0.3) is 0 Å². The van der Waals surface area contributed by atoms with Gasteiger partial charge in [0.05, 0.1) is 43.6 Å². The van der Waals surface area contributed by atoms with Gasteiger partial charge < -0.3 is 19.1 Å². The first-order chi connectivity index (χ1) is 27.6. The number of carbonyl (C=O) groups is 2. The number of halogens is 8. The number of pyridine rings is 1. The lowest BCUT2D eigenvalue weighted by molar-refractivity contribution is -0.138. The highest BCUT2D eigenvalue weighted by Gasteiger charge is 2.41. The predicted octanol–water partition coefficient (Wildman–Crippen LogP) is 8.21. The van der Waals surface area contributed by atoms with Crippen LogP contribution in [-0.2, 0) is 49.0 Å². The number of sulfonamides is 1. The topological polar surface area (TPSA) is 115 Å². The van der Waals surface area contributed by atoms with Crippen LogP contribution in [0.2, 0.25) is 0 Å². The maximum absolute atomic E-state index is 15.2. The van der Waals surface area contributed by atoms with Crippen LogP contribution in [0, 0.1) is 29.1 Å². The first-order valence-electron chi connectivity index (χ1n) is 17.9. The van der Waals surface area contributed by atoms with Crippen molar-refractivity contribution in [2.24, 2.45) is 0 Å². The van der Waals surface area contributed by atoms with E-state index in [1.54, 1.807) is 6.07 Å². The van der Waals surface area contributed by atoms with E-state index in [1.165, 1.54) is 32.4 Å². The van der Waals surface area contributed by atoms with Crippen molar-refractivity contribution < 1.29 is 67.3 Å². The Hall–Kier alpha value is -5.14. The largest absolute Gasteiger partial charge is 0.495 e. The summed E-state index contributed by atoms with van der Waals surface area (Å²) in [7, 11) is -3.48. The number of ether oxygens (including phenoxy) is 3. The molecular formula is C40H39F8N3O7S. The van der Waals surface area contributed by atoms with Gasteiger partial charge in [0.15, 0.2) is 28.2 Å². The van der Waals surface area contributed by atoms with Crippen molar-refractivity contribution in [2.75, 3.05) is 38.9 Å². The lowest BCUT2D eigenvalue weighted by atomic mass is 9.84. The molecule has 3 aromatic carbocycles. The quantitative estimate of drug-likeness (QED) is 0.0387. The molecule has 0 aliphatic heterocycles. The maximum Gasteiger partial charge on any atom is 0.416 e. The number of amides is 1. The Bertz CT molecular complexity index is 2320. The van der Waals surface area contributed by atoms with E-state index in [9.17, 15) is 44.3 Å². The zero-order valence-corrected chi connectivity index (χ0v) is 33.2. The minimum absolute atomic E-state index is 0.0494. The molecule has 1 saturated carbocycles. The van der Waals surface area contributed by atoms with Crippen LogP contribution < -0.4 is 9.64 Å². The molecule has 4 aromatic rings. The molecular weight excluding hydrogens is 819 g/mol. The van der Waals surface area contributed by atoms with Gasteiger partial charge in [-0.3, -0.25) is 9.78 Å². The molecule has 0 bridgehead atoms. The summed E-state index contributed by atoms with van der Waals surface area (Å²) in [4.78, 5) is 29.6. The fourth-order valence-electron chi connectivity index (χ4n) is 6.14. The summed E-state index contributed by atoms with van der Waals surface area (Å²) in [5.41, 5.74) is -0.653. The third-order valence-corrected chi connectivity index (χ3v) is 11.2. The van der Waals surface area contributed by atoms with Crippen LogP contribution in [0.4, 0.5) is 40.8 Å². The van der Waals surface area contributed by atoms with E-state index in [1.807, 2.05) is 32.9 Å². The van der Waals surface area contributed by atoms with E-state index in [2.05, 4.69) is 4.98 Å². The van der Waals surface area contributed by atoms with Gasteiger partial charge in [-0.1, -0.05) is 39.0 Å². The van der Waals surface area contributed by atoms with Crippen molar-refractivity contribution in [3.8, 4) is 5.75 Å². The van der Waals surface area contributed by atoms with E-state index in [-0.39, 0.29) is 47.0 Å². The van der Waals surface area contributed by atoms with E-state index in [4.69, 9.17) is 14.2 Å². The SMILES string of the molecule is COCCOC(=O)c1ccc(N(Cc2cc(C3CC3)cc(C(C)(C)C)c2)C(=O)CN(Cc2cnccc2C(F)(F)F)S(=O)(=O)c2c(F)c(F)c(F)c(F)c2F)c(OC)c1. The molecule has 0 atom stereocenters. The highest BCUT2D eigenvalue weighted by molar-refractivity contribution is 7.89. The standard InChI is InChI=1S/C40H39F8N3O7S/c1-39(2,3)27-15-22(14-25(16-27)23-6-7-23)19-51(29-9-8-24(17-30(29)57-5)38(53)58-13-12-56-4)31(52)21-50(20-26-18-49-11-10-28(26)40(46,47)48)59(54,55)37-35(44)33(42)32(41)34(43)36(37)45/h8-11,14-18,23H,6-7,12-13,19-21H2,1-5H3. The molecule has 5 rings (SSSR count). The van der Waals surface area contributed by atoms with Gasteiger partial charge in [0.2, 0.25) is 21.7 Å². The minimum Gasteiger partial charge on any atom is -0.495 e. The number of hydrogen-bond acceptors (Lipinski definition) is 8. The number of alkyl halides is 3. The summed E-state index contributed by atoms with van der Waals surface area (Å²) >= 11 is 0. The molecule has 1 fully saturated rings. The number of aromatic nitrogens is 1. The summed E-state index contributed by atoms with van der Waals surface area (Å²) in [6.07, 6.45) is -2.05. The summed E-state index contributed by atoms with van der Waals surface area (Å²) < 4.78 is 159. The lowest BCUT2D eigenvalue weighted by Crippen LogP contribution is -2.43. The average Bonchev–Trinajstić information content (AvgIpc) is 4.03. The van der Waals surface area contributed by atoms with Crippen LogP contribution >= 0.6 is 0 Å². The van der Waals surface area contributed by atoms with Crippen molar-refractivity contribution in [3.05, 3.63) is 117 Å². The summed E-state index contributed by atoms with van der Waals surface area (Å²) in [6, 6.07) is 9.81. The molecule has 1 amide bonds. The zero-order valence-electron chi connectivity index (χ0n) is 32.4. The molecule has 0 radical (unpaired) electrons. The Labute approximate surface area is 334 Å². The second-order valence-electron chi connectivity index (χ2n) is 14.7. The third kappa shape index (κ3) is 10.0. The highest BCUT2D eigenvalue weighted by Crippen LogP contribution is 2.43. The smallest absolute Gasteiger partial charge is 0.416 e. The average molecular weight is 858 g/mol. The third-order valence-electron chi connectivity index (χ3n) is 9.43. The molecule has 1 aliphatic carbocycles. The number of hydrogen-bond donors (Lipinski definition) is 0. The molecule has 1 heterocycles. The van der Waals surface area contributed by atoms with Crippen LogP contribution in [0.3, 0.4) is 0 Å². The van der Waals surface area contributed by atoms with Gasteiger partial charge in [-0.15, -0.1) is 0 Å². The number of carbonyl (C=O) groups excluding carboxylic acids is 2. The summed E-state index contributed by atoms with van der Waals surface area (Å²) in [6.45, 7) is 2.46. The number of rotatable bonds is 15. The van der Waals surface area contributed by atoms with Crippen molar-refractivity contribution in [3.63, 3.8) is 0 Å². The van der Waals surface area contributed by atoms with E-state index < -0.39 is 91.7 Å². The number of benzene rings is 3. The van der Waals surface area contributed by atoms with Gasteiger partial charge >= 0.3 is 12.1 Å². The molecule has 0 spiro atoms. The molecule has 1 aliphatic rings. The first-order valence-corrected chi connectivity index (χ1v) is 19.3.